The van der Waals surface area contributed by atoms with Gasteiger partial charge in [0.25, 0.3) is 0 Å². The van der Waals surface area contributed by atoms with Gasteiger partial charge < -0.3 is 9.53 Å². The molecule has 0 saturated carbocycles. The van der Waals surface area contributed by atoms with E-state index >= 15 is 0 Å². The summed E-state index contributed by atoms with van der Waals surface area (Å²) in [5.41, 5.74) is 0. The lowest BCUT2D eigenvalue weighted by Crippen LogP contribution is -2.09. The van der Waals surface area contributed by atoms with Crippen molar-refractivity contribution in [2.45, 2.75) is 26.4 Å². The largest absolute Gasteiger partial charge is 0.371 e. The second-order valence-corrected chi connectivity index (χ2v) is 1.71. The van der Waals surface area contributed by atoms with Crippen molar-refractivity contribution in [3.63, 3.8) is 0 Å². The second kappa shape index (κ2) is 4.78. The molecule has 0 aromatic heterocycles. The van der Waals surface area contributed by atoms with Crippen LogP contribution in [0.5, 0.6) is 0 Å². The molecule has 0 spiro atoms. The first-order valence-corrected chi connectivity index (χ1v) is 2.88. The van der Waals surface area contributed by atoms with Crippen molar-refractivity contribution in [1.29, 1.82) is 0 Å². The van der Waals surface area contributed by atoms with Gasteiger partial charge in [0.05, 0.1) is 0 Å². The maximum Gasteiger partial charge on any atom is 0.148 e. The molecule has 0 bridgehead atoms. The number of rotatable bonds is 4. The molecule has 0 aliphatic heterocycles. The average Bonchev–Trinajstić information content (AvgIpc) is 1.83. The molecule has 0 N–H and O–H groups in total. The molecule has 2 heteroatoms. The molecule has 8 heavy (non-hydrogen) atoms. The summed E-state index contributed by atoms with van der Waals surface area (Å²) in [5.74, 6) is 0. The second-order valence-electron chi connectivity index (χ2n) is 1.71. The van der Waals surface area contributed by atoms with Crippen molar-refractivity contribution in [1.82, 2.24) is 0 Å². The molecule has 1 unspecified atom stereocenters. The minimum Gasteiger partial charge on any atom is -0.371 e. The molecule has 0 saturated heterocycles. The van der Waals surface area contributed by atoms with Gasteiger partial charge in [-0.1, -0.05) is 6.92 Å². The Morgan fingerprint density at radius 1 is 1.75 bits per heavy atom. The van der Waals surface area contributed by atoms with E-state index in [4.69, 9.17) is 4.74 Å². The van der Waals surface area contributed by atoms with E-state index in [2.05, 4.69) is 0 Å². The summed E-state index contributed by atoms with van der Waals surface area (Å²) in [7, 11) is 0. The Morgan fingerprint density at radius 2 is 2.38 bits per heavy atom. The van der Waals surface area contributed by atoms with Crippen LogP contribution in [0.15, 0.2) is 0 Å². The smallest absolute Gasteiger partial charge is 0.148 e. The minimum absolute atomic E-state index is 0.227. The summed E-state index contributed by atoms with van der Waals surface area (Å²) < 4.78 is 4.97. The third-order valence-corrected chi connectivity index (χ3v) is 0.777. The normalized spacial score (nSPS) is 13.2. The summed E-state index contributed by atoms with van der Waals surface area (Å²) in [4.78, 5) is 9.89. The van der Waals surface area contributed by atoms with E-state index in [1.54, 1.807) is 6.92 Å². The standard InChI is InChI=1S/C6H12O2/c1-3-4-8-6(2)5-7/h5-6H,3-4H2,1-2H3. The Balaban J connectivity index is 2.98. The van der Waals surface area contributed by atoms with Crippen LogP contribution in [-0.2, 0) is 9.53 Å². The molecule has 0 aromatic carbocycles. The van der Waals surface area contributed by atoms with Crippen LogP contribution in [0, 0.1) is 0 Å². The molecule has 0 heterocycles. The molecule has 0 fully saturated rings. The number of carbonyl (C=O) groups is 1. The fourth-order valence-electron chi connectivity index (χ4n) is 0.343. The molecule has 0 amide bonds. The molecule has 1 atom stereocenters. The lowest BCUT2D eigenvalue weighted by molar-refractivity contribution is -0.117. The Morgan fingerprint density at radius 3 is 2.75 bits per heavy atom. The van der Waals surface area contributed by atoms with Crippen molar-refractivity contribution >= 4 is 6.29 Å². The highest BCUT2D eigenvalue weighted by atomic mass is 16.5. The topological polar surface area (TPSA) is 26.3 Å². The minimum atomic E-state index is -0.227. The van der Waals surface area contributed by atoms with Gasteiger partial charge >= 0.3 is 0 Å². The highest BCUT2D eigenvalue weighted by Gasteiger charge is 1.94. The van der Waals surface area contributed by atoms with Gasteiger partial charge in [0, 0.05) is 6.61 Å². The zero-order valence-corrected chi connectivity index (χ0v) is 5.39. The van der Waals surface area contributed by atoms with E-state index in [1.165, 1.54) is 0 Å². The summed E-state index contributed by atoms with van der Waals surface area (Å²) in [6, 6.07) is 0. The summed E-state index contributed by atoms with van der Waals surface area (Å²) in [6.45, 7) is 4.43. The fourth-order valence-corrected chi connectivity index (χ4v) is 0.343. The summed E-state index contributed by atoms with van der Waals surface area (Å²) in [6.07, 6.45) is 1.54. The molecular weight excluding hydrogens is 104 g/mol. The van der Waals surface area contributed by atoms with Crippen molar-refractivity contribution < 1.29 is 9.53 Å². The lowest BCUT2D eigenvalue weighted by Gasteiger charge is -2.01. The molecule has 0 aromatic rings. The maximum absolute atomic E-state index is 9.89. The molecule has 0 aliphatic carbocycles. The highest BCUT2D eigenvalue weighted by Crippen LogP contribution is 1.86. The number of aldehydes is 1. The van der Waals surface area contributed by atoms with Gasteiger partial charge in [0.15, 0.2) is 0 Å². The van der Waals surface area contributed by atoms with Crippen LogP contribution in [0.3, 0.4) is 0 Å². The van der Waals surface area contributed by atoms with Gasteiger partial charge in [-0.15, -0.1) is 0 Å². The zero-order chi connectivity index (χ0) is 6.41. The number of ether oxygens (including phenoxy) is 1. The monoisotopic (exact) mass is 116 g/mol. The first-order chi connectivity index (χ1) is 3.81. The third-order valence-electron chi connectivity index (χ3n) is 0.777. The van der Waals surface area contributed by atoms with Crippen LogP contribution in [0.1, 0.15) is 20.3 Å². The van der Waals surface area contributed by atoms with Crippen molar-refractivity contribution in [2.75, 3.05) is 6.61 Å². The molecule has 0 radical (unpaired) electrons. The Hall–Kier alpha value is -0.370. The number of hydrogen-bond donors (Lipinski definition) is 0. The lowest BCUT2D eigenvalue weighted by atomic mass is 10.4. The van der Waals surface area contributed by atoms with Gasteiger partial charge in [-0.05, 0) is 13.3 Å². The van der Waals surface area contributed by atoms with E-state index in [1.807, 2.05) is 6.92 Å². The van der Waals surface area contributed by atoms with Gasteiger partial charge in [0.2, 0.25) is 0 Å². The van der Waals surface area contributed by atoms with E-state index in [9.17, 15) is 4.79 Å². The quantitative estimate of drug-likeness (QED) is 0.512. The van der Waals surface area contributed by atoms with Gasteiger partial charge in [-0.25, -0.2) is 0 Å². The highest BCUT2D eigenvalue weighted by molar-refractivity contribution is 5.54. The van der Waals surface area contributed by atoms with Crippen LogP contribution in [-0.4, -0.2) is 19.0 Å². The zero-order valence-electron chi connectivity index (χ0n) is 5.39. The van der Waals surface area contributed by atoms with Crippen molar-refractivity contribution in [3.05, 3.63) is 0 Å². The predicted molar refractivity (Wildman–Crippen MR) is 31.8 cm³/mol. The number of carbonyl (C=O) groups excluding carboxylic acids is 1. The van der Waals surface area contributed by atoms with Gasteiger partial charge in [-0.3, -0.25) is 0 Å². The van der Waals surface area contributed by atoms with Gasteiger partial charge in [-0.2, -0.15) is 0 Å². The van der Waals surface area contributed by atoms with Crippen LogP contribution in [0.25, 0.3) is 0 Å². The maximum atomic E-state index is 9.89. The third kappa shape index (κ3) is 3.81. The van der Waals surface area contributed by atoms with E-state index < -0.39 is 0 Å². The van der Waals surface area contributed by atoms with Crippen LogP contribution >= 0.6 is 0 Å². The first kappa shape index (κ1) is 7.63. The van der Waals surface area contributed by atoms with E-state index in [0.29, 0.717) is 6.61 Å². The summed E-state index contributed by atoms with van der Waals surface area (Å²) in [5, 5.41) is 0. The Kier molecular flexibility index (Phi) is 4.56. The Bertz CT molecular complexity index is 61.5. The van der Waals surface area contributed by atoms with Crippen LogP contribution in [0.4, 0.5) is 0 Å². The van der Waals surface area contributed by atoms with E-state index in [-0.39, 0.29) is 6.10 Å². The van der Waals surface area contributed by atoms with E-state index in [0.717, 1.165) is 12.7 Å². The number of hydrogen-bond acceptors (Lipinski definition) is 2. The molecule has 48 valence electrons. The first-order valence-electron chi connectivity index (χ1n) is 2.88. The van der Waals surface area contributed by atoms with Gasteiger partial charge in [0.1, 0.15) is 12.4 Å². The summed E-state index contributed by atoms with van der Waals surface area (Å²) >= 11 is 0. The van der Waals surface area contributed by atoms with Crippen LogP contribution in [0.2, 0.25) is 0 Å². The molecule has 0 rings (SSSR count). The van der Waals surface area contributed by atoms with Crippen molar-refractivity contribution in [3.8, 4) is 0 Å². The molecule has 2 nitrogen and oxygen atoms in total. The van der Waals surface area contributed by atoms with Crippen molar-refractivity contribution in [2.24, 2.45) is 0 Å². The molecule has 0 aliphatic rings. The molecular formula is C6H12O2. The fraction of sp³-hybridized carbons (Fsp3) is 0.833. The predicted octanol–water partition coefficient (Wildman–Crippen LogP) is 1.00. The van der Waals surface area contributed by atoms with Crippen LogP contribution < -0.4 is 0 Å². The SMILES string of the molecule is CCCOC(C)C=O. The average molecular weight is 116 g/mol. The Labute approximate surface area is 49.8 Å².